The van der Waals surface area contributed by atoms with Gasteiger partial charge in [-0.2, -0.15) is 0 Å². The van der Waals surface area contributed by atoms with Crippen molar-refractivity contribution in [1.29, 1.82) is 0 Å². The molecule has 0 heterocycles. The average molecular weight is 302 g/mol. The summed E-state index contributed by atoms with van der Waals surface area (Å²) in [4.78, 5) is 1.74. The Labute approximate surface area is 131 Å². The molecule has 0 saturated heterocycles. The summed E-state index contributed by atoms with van der Waals surface area (Å²) in [6.45, 7) is 0. The molecule has 22 heavy (non-hydrogen) atoms. The van der Waals surface area contributed by atoms with E-state index >= 15 is 0 Å². The molecule has 1 atom stereocenters. The second-order valence-electron chi connectivity index (χ2n) is 5.23. The highest BCUT2D eigenvalue weighted by atomic mass is 32.2. The Bertz CT molecular complexity index is 936. The van der Waals surface area contributed by atoms with Gasteiger partial charge in [0.05, 0.1) is 15.7 Å². The fourth-order valence-electron chi connectivity index (χ4n) is 2.83. The van der Waals surface area contributed by atoms with E-state index in [-0.39, 0.29) is 0 Å². The molecule has 4 aromatic rings. The zero-order chi connectivity index (χ0) is 14.9. The fourth-order valence-corrected chi connectivity index (χ4v) is 4.24. The van der Waals surface area contributed by atoms with Crippen molar-refractivity contribution < 1.29 is 4.21 Å². The molecular formula is C20H14OS. The maximum absolute atomic E-state index is 13.2. The van der Waals surface area contributed by atoms with Crippen molar-refractivity contribution in [3.8, 4) is 0 Å². The summed E-state index contributed by atoms with van der Waals surface area (Å²) in [6, 6.07) is 28.1. The van der Waals surface area contributed by atoms with Crippen molar-refractivity contribution in [2.75, 3.05) is 0 Å². The maximum atomic E-state index is 13.2. The number of rotatable bonds is 2. The van der Waals surface area contributed by atoms with Gasteiger partial charge < -0.3 is 0 Å². The summed E-state index contributed by atoms with van der Waals surface area (Å²) in [5, 5.41) is 4.37. The van der Waals surface area contributed by atoms with Gasteiger partial charge in [0.25, 0.3) is 0 Å². The van der Waals surface area contributed by atoms with Gasteiger partial charge in [-0.15, -0.1) is 0 Å². The highest BCUT2D eigenvalue weighted by molar-refractivity contribution is 7.85. The van der Waals surface area contributed by atoms with Crippen LogP contribution in [-0.2, 0) is 10.8 Å². The third-order valence-electron chi connectivity index (χ3n) is 3.86. The molecule has 0 radical (unpaired) electrons. The van der Waals surface area contributed by atoms with E-state index in [2.05, 4.69) is 30.3 Å². The van der Waals surface area contributed by atoms with E-state index in [1.165, 1.54) is 0 Å². The zero-order valence-electron chi connectivity index (χ0n) is 11.9. The quantitative estimate of drug-likeness (QED) is 0.467. The van der Waals surface area contributed by atoms with Crippen molar-refractivity contribution in [1.82, 2.24) is 0 Å². The first-order valence-electron chi connectivity index (χ1n) is 7.22. The molecule has 0 aliphatic carbocycles. The Hall–Kier alpha value is -2.45. The molecule has 0 fully saturated rings. The predicted molar refractivity (Wildman–Crippen MR) is 92.6 cm³/mol. The minimum atomic E-state index is -1.20. The van der Waals surface area contributed by atoms with Crippen LogP contribution in [-0.4, -0.2) is 4.21 Å². The molecule has 0 spiro atoms. The third kappa shape index (κ3) is 2.13. The van der Waals surface area contributed by atoms with Gasteiger partial charge in [-0.3, -0.25) is 0 Å². The van der Waals surface area contributed by atoms with E-state index in [4.69, 9.17) is 0 Å². The molecule has 2 heteroatoms. The van der Waals surface area contributed by atoms with Crippen molar-refractivity contribution in [3.05, 3.63) is 84.9 Å². The summed E-state index contributed by atoms with van der Waals surface area (Å²) in [6.07, 6.45) is 0. The average Bonchev–Trinajstić information content (AvgIpc) is 2.60. The number of fused-ring (bicyclic) bond motifs is 2. The van der Waals surface area contributed by atoms with E-state index in [1.54, 1.807) is 0 Å². The van der Waals surface area contributed by atoms with Crippen LogP contribution in [0.3, 0.4) is 0 Å². The molecule has 0 aliphatic heterocycles. The molecule has 0 amide bonds. The molecule has 106 valence electrons. The lowest BCUT2D eigenvalue weighted by Gasteiger charge is -2.11. The first-order valence-corrected chi connectivity index (χ1v) is 8.37. The smallest absolute Gasteiger partial charge is 0.0862 e. The van der Waals surface area contributed by atoms with Gasteiger partial charge in [-0.1, -0.05) is 66.7 Å². The van der Waals surface area contributed by atoms with Crippen molar-refractivity contribution >= 4 is 32.3 Å². The van der Waals surface area contributed by atoms with E-state index in [1.807, 2.05) is 54.6 Å². The second-order valence-corrected chi connectivity index (χ2v) is 6.65. The predicted octanol–water partition coefficient (Wildman–Crippen LogP) is 5.16. The topological polar surface area (TPSA) is 17.1 Å². The Morgan fingerprint density at radius 3 is 1.68 bits per heavy atom. The molecular weight excluding hydrogens is 288 g/mol. The van der Waals surface area contributed by atoms with E-state index < -0.39 is 10.8 Å². The molecule has 0 aliphatic rings. The molecule has 0 bridgehead atoms. The van der Waals surface area contributed by atoms with Crippen LogP contribution in [0.5, 0.6) is 0 Å². The molecule has 4 rings (SSSR count). The molecule has 1 unspecified atom stereocenters. The number of hydrogen-bond donors (Lipinski definition) is 0. The van der Waals surface area contributed by atoms with Gasteiger partial charge in [0.2, 0.25) is 0 Å². The van der Waals surface area contributed by atoms with E-state index in [0.717, 1.165) is 31.3 Å². The van der Waals surface area contributed by atoms with Gasteiger partial charge in [0.15, 0.2) is 0 Å². The highest BCUT2D eigenvalue weighted by Gasteiger charge is 2.14. The molecule has 1 nitrogen and oxygen atoms in total. The number of benzene rings is 4. The summed E-state index contributed by atoms with van der Waals surface area (Å²) in [7, 11) is -1.20. The molecule has 0 aromatic heterocycles. The van der Waals surface area contributed by atoms with Gasteiger partial charge in [0, 0.05) is 4.90 Å². The van der Waals surface area contributed by atoms with Gasteiger partial charge in [-0.05, 0) is 39.7 Å². The standard InChI is InChI=1S/C20H14OS/c21-22(17-10-2-1-3-11-17)20-18-12-6-4-8-15(18)14-16-9-5-7-13-19(16)20/h1-14H. The van der Waals surface area contributed by atoms with Gasteiger partial charge in [0.1, 0.15) is 0 Å². The van der Waals surface area contributed by atoms with Crippen LogP contribution in [0.4, 0.5) is 0 Å². The lowest BCUT2D eigenvalue weighted by molar-refractivity contribution is 0.684. The zero-order valence-corrected chi connectivity index (χ0v) is 12.7. The molecule has 4 aromatic carbocycles. The van der Waals surface area contributed by atoms with Crippen LogP contribution >= 0.6 is 0 Å². The van der Waals surface area contributed by atoms with Crippen LogP contribution < -0.4 is 0 Å². The van der Waals surface area contributed by atoms with E-state index in [0.29, 0.717) is 0 Å². The normalized spacial score (nSPS) is 12.5. The lowest BCUT2D eigenvalue weighted by atomic mass is 10.0. The van der Waals surface area contributed by atoms with Crippen molar-refractivity contribution in [2.24, 2.45) is 0 Å². The largest absolute Gasteiger partial charge is 0.249 e. The third-order valence-corrected chi connectivity index (χ3v) is 5.38. The van der Waals surface area contributed by atoms with Gasteiger partial charge in [-0.25, -0.2) is 4.21 Å². The Morgan fingerprint density at radius 2 is 1.09 bits per heavy atom. The van der Waals surface area contributed by atoms with Crippen LogP contribution in [0.2, 0.25) is 0 Å². The Kier molecular flexibility index (Phi) is 3.24. The fraction of sp³-hybridized carbons (Fsp3) is 0. The minimum absolute atomic E-state index is 0.837. The Morgan fingerprint density at radius 1 is 0.591 bits per heavy atom. The second kappa shape index (κ2) is 5.39. The van der Waals surface area contributed by atoms with Crippen LogP contribution in [0.1, 0.15) is 0 Å². The monoisotopic (exact) mass is 302 g/mol. The maximum Gasteiger partial charge on any atom is 0.0862 e. The minimum Gasteiger partial charge on any atom is -0.249 e. The van der Waals surface area contributed by atoms with Crippen LogP contribution in [0.15, 0.2) is 94.7 Å². The molecule has 0 N–H and O–H groups in total. The lowest BCUT2D eigenvalue weighted by Crippen LogP contribution is -1.95. The number of hydrogen-bond acceptors (Lipinski definition) is 1. The molecule has 0 saturated carbocycles. The van der Waals surface area contributed by atoms with Crippen molar-refractivity contribution in [2.45, 2.75) is 9.79 Å². The summed E-state index contributed by atoms with van der Waals surface area (Å²) >= 11 is 0. The first-order chi connectivity index (χ1) is 10.8. The highest BCUT2D eigenvalue weighted by Crippen LogP contribution is 2.33. The summed E-state index contributed by atoms with van der Waals surface area (Å²) < 4.78 is 13.2. The summed E-state index contributed by atoms with van der Waals surface area (Å²) in [5.41, 5.74) is 0. The van der Waals surface area contributed by atoms with E-state index in [9.17, 15) is 4.21 Å². The SMILES string of the molecule is O=S(c1ccccc1)c1c2ccccc2cc2ccccc12. The Balaban J connectivity index is 2.11. The first kappa shape index (κ1) is 13.2. The van der Waals surface area contributed by atoms with Gasteiger partial charge >= 0.3 is 0 Å². The summed E-state index contributed by atoms with van der Waals surface area (Å²) in [5.74, 6) is 0. The van der Waals surface area contributed by atoms with Crippen molar-refractivity contribution in [3.63, 3.8) is 0 Å². The van der Waals surface area contributed by atoms with Crippen LogP contribution in [0, 0.1) is 0 Å². The van der Waals surface area contributed by atoms with Crippen LogP contribution in [0.25, 0.3) is 21.5 Å².